The standard InChI is InChI=1S/C21H20O2S/c1-14-19(20(15(2)24-14)21(22)23-3)13-16-9-11-18(12-10-16)17-7-5-4-6-8-17/h4-12H,13H2,1-3H3. The molecule has 0 aliphatic heterocycles. The van der Waals surface area contributed by atoms with Gasteiger partial charge in [-0.3, -0.25) is 0 Å². The molecule has 0 amide bonds. The Hall–Kier alpha value is -2.39. The number of esters is 1. The highest BCUT2D eigenvalue weighted by Gasteiger charge is 2.20. The highest BCUT2D eigenvalue weighted by Crippen LogP contribution is 2.30. The van der Waals surface area contributed by atoms with Crippen LogP contribution in [0.1, 0.15) is 31.2 Å². The van der Waals surface area contributed by atoms with Crippen molar-refractivity contribution in [3.63, 3.8) is 0 Å². The van der Waals surface area contributed by atoms with Gasteiger partial charge in [0.2, 0.25) is 0 Å². The van der Waals surface area contributed by atoms with Crippen LogP contribution >= 0.6 is 11.3 Å². The zero-order valence-electron chi connectivity index (χ0n) is 14.1. The lowest BCUT2D eigenvalue weighted by molar-refractivity contribution is 0.0599. The number of ether oxygens (including phenoxy) is 1. The Morgan fingerprint density at radius 1 is 0.917 bits per heavy atom. The molecule has 1 heterocycles. The lowest BCUT2D eigenvalue weighted by Gasteiger charge is -2.07. The SMILES string of the molecule is COC(=O)c1c(C)sc(C)c1Cc1ccc(-c2ccccc2)cc1. The second-order valence-corrected chi connectivity index (χ2v) is 7.23. The van der Waals surface area contributed by atoms with E-state index in [4.69, 9.17) is 4.74 Å². The third-order valence-corrected chi connectivity index (χ3v) is 5.28. The summed E-state index contributed by atoms with van der Waals surface area (Å²) in [4.78, 5) is 14.3. The Morgan fingerprint density at radius 3 is 2.17 bits per heavy atom. The van der Waals surface area contributed by atoms with Gasteiger partial charge in [0.05, 0.1) is 12.7 Å². The van der Waals surface area contributed by atoms with Crippen molar-refractivity contribution >= 4 is 17.3 Å². The molecule has 0 spiro atoms. The van der Waals surface area contributed by atoms with Gasteiger partial charge in [-0.25, -0.2) is 4.79 Å². The van der Waals surface area contributed by atoms with Crippen molar-refractivity contribution in [2.45, 2.75) is 20.3 Å². The Bertz CT molecular complexity index is 846. The molecule has 0 fully saturated rings. The van der Waals surface area contributed by atoms with E-state index in [1.807, 2.05) is 25.1 Å². The quantitative estimate of drug-likeness (QED) is 0.596. The predicted molar refractivity (Wildman–Crippen MR) is 99.8 cm³/mol. The Labute approximate surface area is 146 Å². The summed E-state index contributed by atoms with van der Waals surface area (Å²) < 4.78 is 4.95. The summed E-state index contributed by atoms with van der Waals surface area (Å²) >= 11 is 1.66. The molecule has 0 N–H and O–H groups in total. The summed E-state index contributed by atoms with van der Waals surface area (Å²) in [6, 6.07) is 18.9. The average Bonchev–Trinajstić information content (AvgIpc) is 2.89. The third-order valence-electron chi connectivity index (χ3n) is 4.22. The molecule has 0 radical (unpaired) electrons. The maximum atomic E-state index is 12.1. The molecule has 0 atom stereocenters. The summed E-state index contributed by atoms with van der Waals surface area (Å²) in [5.41, 5.74) is 5.41. The van der Waals surface area contributed by atoms with E-state index >= 15 is 0 Å². The molecular weight excluding hydrogens is 316 g/mol. The zero-order chi connectivity index (χ0) is 17.1. The molecule has 2 aromatic carbocycles. The first-order valence-electron chi connectivity index (χ1n) is 7.91. The summed E-state index contributed by atoms with van der Waals surface area (Å²) in [6.45, 7) is 4.05. The van der Waals surface area contributed by atoms with E-state index in [1.54, 1.807) is 11.3 Å². The lowest BCUT2D eigenvalue weighted by atomic mass is 9.98. The highest BCUT2D eigenvalue weighted by atomic mass is 32.1. The van der Waals surface area contributed by atoms with Crippen molar-refractivity contribution in [2.24, 2.45) is 0 Å². The van der Waals surface area contributed by atoms with Gasteiger partial charge in [0.1, 0.15) is 0 Å². The smallest absolute Gasteiger partial charge is 0.339 e. The molecule has 0 saturated heterocycles. The molecule has 1 aromatic heterocycles. The molecule has 0 aliphatic rings. The van der Waals surface area contributed by atoms with Gasteiger partial charge in [0.15, 0.2) is 0 Å². The van der Waals surface area contributed by atoms with E-state index in [2.05, 4.69) is 43.3 Å². The largest absolute Gasteiger partial charge is 0.465 e. The fraction of sp³-hybridized carbons (Fsp3) is 0.190. The van der Waals surface area contributed by atoms with Gasteiger partial charge in [0.25, 0.3) is 0 Å². The van der Waals surface area contributed by atoms with Crippen molar-refractivity contribution in [3.8, 4) is 11.1 Å². The maximum absolute atomic E-state index is 12.1. The molecule has 0 unspecified atom stereocenters. The molecule has 3 heteroatoms. The van der Waals surface area contributed by atoms with Gasteiger partial charge < -0.3 is 4.74 Å². The molecular formula is C21H20O2S. The molecule has 0 bridgehead atoms. The monoisotopic (exact) mass is 336 g/mol. The van der Waals surface area contributed by atoms with Crippen molar-refractivity contribution < 1.29 is 9.53 Å². The summed E-state index contributed by atoms with van der Waals surface area (Å²) in [5, 5.41) is 0. The minimum Gasteiger partial charge on any atom is -0.465 e. The van der Waals surface area contributed by atoms with E-state index in [0.29, 0.717) is 0 Å². The Morgan fingerprint density at radius 2 is 1.54 bits per heavy atom. The van der Waals surface area contributed by atoms with Crippen LogP contribution < -0.4 is 0 Å². The number of hydrogen-bond donors (Lipinski definition) is 0. The Kier molecular flexibility index (Phi) is 4.81. The number of benzene rings is 2. The first-order chi connectivity index (χ1) is 11.6. The number of carbonyl (C=O) groups is 1. The number of rotatable bonds is 4. The number of thiophene rings is 1. The fourth-order valence-corrected chi connectivity index (χ4v) is 4.03. The van der Waals surface area contributed by atoms with Crippen LogP contribution in [-0.2, 0) is 11.2 Å². The fourth-order valence-electron chi connectivity index (χ4n) is 2.96. The van der Waals surface area contributed by atoms with Gasteiger partial charge in [-0.1, -0.05) is 54.6 Å². The number of carbonyl (C=O) groups excluding carboxylic acids is 1. The van der Waals surface area contributed by atoms with Gasteiger partial charge in [0, 0.05) is 9.75 Å². The normalized spacial score (nSPS) is 10.6. The van der Waals surface area contributed by atoms with Crippen LogP contribution in [0.4, 0.5) is 0 Å². The predicted octanol–water partition coefficient (Wildman–Crippen LogP) is 5.41. The molecule has 3 aromatic rings. The van der Waals surface area contributed by atoms with Gasteiger partial charge in [-0.2, -0.15) is 0 Å². The number of aryl methyl sites for hydroxylation is 2. The molecule has 0 saturated carbocycles. The van der Waals surface area contributed by atoms with Gasteiger partial charge >= 0.3 is 5.97 Å². The highest BCUT2D eigenvalue weighted by molar-refractivity contribution is 7.12. The summed E-state index contributed by atoms with van der Waals surface area (Å²) in [6.07, 6.45) is 0.746. The van der Waals surface area contributed by atoms with Crippen molar-refractivity contribution in [3.05, 3.63) is 81.0 Å². The van der Waals surface area contributed by atoms with Crippen molar-refractivity contribution in [2.75, 3.05) is 7.11 Å². The van der Waals surface area contributed by atoms with E-state index in [0.717, 1.165) is 22.4 Å². The molecule has 24 heavy (non-hydrogen) atoms. The molecule has 2 nitrogen and oxygen atoms in total. The van der Waals surface area contributed by atoms with Crippen LogP contribution in [0.5, 0.6) is 0 Å². The van der Waals surface area contributed by atoms with Crippen LogP contribution in [0.25, 0.3) is 11.1 Å². The van der Waals surface area contributed by atoms with Gasteiger partial charge in [-0.05, 0) is 42.5 Å². The second-order valence-electron chi connectivity index (χ2n) is 5.80. The zero-order valence-corrected chi connectivity index (χ0v) is 14.9. The van der Waals surface area contributed by atoms with Crippen LogP contribution in [-0.4, -0.2) is 13.1 Å². The van der Waals surface area contributed by atoms with Crippen LogP contribution in [0.2, 0.25) is 0 Å². The van der Waals surface area contributed by atoms with Crippen molar-refractivity contribution in [1.29, 1.82) is 0 Å². The topological polar surface area (TPSA) is 26.3 Å². The maximum Gasteiger partial charge on any atom is 0.339 e. The summed E-state index contributed by atoms with van der Waals surface area (Å²) in [7, 11) is 1.44. The first-order valence-corrected chi connectivity index (χ1v) is 8.73. The van der Waals surface area contributed by atoms with E-state index < -0.39 is 0 Å². The number of hydrogen-bond acceptors (Lipinski definition) is 3. The van der Waals surface area contributed by atoms with Crippen LogP contribution in [0.15, 0.2) is 54.6 Å². The third kappa shape index (κ3) is 3.26. The minimum absolute atomic E-state index is 0.243. The first kappa shape index (κ1) is 16.5. The molecule has 0 aliphatic carbocycles. The van der Waals surface area contributed by atoms with E-state index in [-0.39, 0.29) is 5.97 Å². The molecule has 122 valence electrons. The summed E-state index contributed by atoms with van der Waals surface area (Å²) in [5.74, 6) is -0.243. The van der Waals surface area contributed by atoms with E-state index in [1.165, 1.54) is 28.7 Å². The Balaban J connectivity index is 1.89. The second kappa shape index (κ2) is 7.02. The van der Waals surface area contributed by atoms with Crippen LogP contribution in [0, 0.1) is 13.8 Å². The average molecular weight is 336 g/mol. The molecule has 3 rings (SSSR count). The van der Waals surface area contributed by atoms with E-state index in [9.17, 15) is 4.79 Å². The van der Waals surface area contributed by atoms with Crippen LogP contribution in [0.3, 0.4) is 0 Å². The van der Waals surface area contributed by atoms with Crippen molar-refractivity contribution in [1.82, 2.24) is 0 Å². The minimum atomic E-state index is -0.243. The lowest BCUT2D eigenvalue weighted by Crippen LogP contribution is -2.06. The van der Waals surface area contributed by atoms with Gasteiger partial charge in [-0.15, -0.1) is 11.3 Å². The number of methoxy groups -OCH3 is 1.